The summed E-state index contributed by atoms with van der Waals surface area (Å²) in [5, 5.41) is 15.3. The van der Waals surface area contributed by atoms with Gasteiger partial charge in [-0.25, -0.2) is 0 Å². The van der Waals surface area contributed by atoms with Crippen LogP contribution in [0.5, 0.6) is 0 Å². The number of hydrogen-bond donors (Lipinski definition) is 1. The summed E-state index contributed by atoms with van der Waals surface area (Å²) >= 11 is 3.53. The molecule has 0 aromatic carbocycles. The average molecular weight is 316 g/mol. The Morgan fingerprint density at radius 2 is 2.06 bits per heavy atom. The molecule has 1 aliphatic rings. The summed E-state index contributed by atoms with van der Waals surface area (Å²) in [6.45, 7) is 9.30. The van der Waals surface area contributed by atoms with E-state index in [9.17, 15) is 5.11 Å². The zero-order valence-corrected chi connectivity index (χ0v) is 12.9. The maximum absolute atomic E-state index is 10.9. The normalized spacial score (nSPS) is 20.6. The molecule has 1 aromatic heterocycles. The lowest BCUT2D eigenvalue weighted by molar-refractivity contribution is -0.0328. The minimum Gasteiger partial charge on any atom is -0.383 e. The van der Waals surface area contributed by atoms with Crippen LogP contribution in [0.15, 0.2) is 10.7 Å². The molecule has 1 saturated heterocycles. The molecule has 0 atom stereocenters. The molecule has 2 rings (SSSR count). The summed E-state index contributed by atoms with van der Waals surface area (Å²) in [7, 11) is 0. The van der Waals surface area contributed by atoms with Crippen molar-refractivity contribution in [1.82, 2.24) is 14.7 Å². The van der Waals surface area contributed by atoms with Crippen LogP contribution in [0.25, 0.3) is 0 Å². The van der Waals surface area contributed by atoms with Crippen LogP contribution in [0.1, 0.15) is 45.3 Å². The Kier molecular flexibility index (Phi) is 4.14. The third kappa shape index (κ3) is 2.49. The van der Waals surface area contributed by atoms with Gasteiger partial charge in [0, 0.05) is 19.1 Å². The molecule has 1 fully saturated rings. The second-order valence-electron chi connectivity index (χ2n) is 5.35. The largest absolute Gasteiger partial charge is 0.383 e. The van der Waals surface area contributed by atoms with Crippen molar-refractivity contribution in [2.24, 2.45) is 0 Å². The minimum absolute atomic E-state index is 0.263. The molecule has 5 heteroatoms. The van der Waals surface area contributed by atoms with Crippen molar-refractivity contribution in [3.8, 4) is 0 Å². The van der Waals surface area contributed by atoms with Crippen molar-refractivity contribution in [2.45, 2.75) is 45.3 Å². The molecule has 0 bridgehead atoms. The Bertz CT molecular complexity index is 408. The van der Waals surface area contributed by atoms with Crippen molar-refractivity contribution >= 4 is 15.9 Å². The molecular weight excluding hydrogens is 294 g/mol. The molecule has 4 nitrogen and oxygen atoms in total. The van der Waals surface area contributed by atoms with Gasteiger partial charge in [-0.3, -0.25) is 4.68 Å². The molecule has 2 heterocycles. The molecule has 0 aliphatic carbocycles. The van der Waals surface area contributed by atoms with Crippen LogP contribution in [0, 0.1) is 0 Å². The number of likely N-dealkylation sites (tertiary alicyclic amines) is 1. The Morgan fingerprint density at radius 3 is 2.56 bits per heavy atom. The van der Waals surface area contributed by atoms with E-state index in [1.807, 2.05) is 4.68 Å². The van der Waals surface area contributed by atoms with Gasteiger partial charge in [-0.2, -0.15) is 5.10 Å². The molecule has 0 saturated carbocycles. The number of aliphatic hydroxyl groups is 1. The lowest BCUT2D eigenvalue weighted by Gasteiger charge is -2.38. The molecule has 1 N–H and O–H groups in total. The predicted octanol–water partition coefficient (Wildman–Crippen LogP) is 2.53. The number of halogens is 1. The number of nitrogens with zero attached hydrogens (tertiary/aromatic N) is 3. The molecule has 1 aliphatic heterocycles. The minimum atomic E-state index is -0.745. The fourth-order valence-electron chi connectivity index (χ4n) is 2.64. The molecule has 1 aromatic rings. The Labute approximate surface area is 117 Å². The molecule has 0 spiro atoms. The van der Waals surface area contributed by atoms with E-state index in [0.717, 1.165) is 42.6 Å². The first-order chi connectivity index (χ1) is 8.48. The van der Waals surface area contributed by atoms with Gasteiger partial charge < -0.3 is 10.0 Å². The van der Waals surface area contributed by atoms with Gasteiger partial charge in [-0.15, -0.1) is 0 Å². The molecule has 0 radical (unpaired) electrons. The Balaban J connectivity index is 2.28. The number of rotatable bonds is 3. The van der Waals surface area contributed by atoms with Crippen LogP contribution < -0.4 is 0 Å². The quantitative estimate of drug-likeness (QED) is 0.932. The highest BCUT2D eigenvalue weighted by Crippen LogP contribution is 2.37. The van der Waals surface area contributed by atoms with Crippen molar-refractivity contribution in [3.63, 3.8) is 0 Å². The van der Waals surface area contributed by atoms with Crippen molar-refractivity contribution < 1.29 is 5.11 Å². The summed E-state index contributed by atoms with van der Waals surface area (Å²) < 4.78 is 2.86. The molecule has 0 unspecified atom stereocenters. The Morgan fingerprint density at radius 1 is 1.44 bits per heavy atom. The van der Waals surface area contributed by atoms with E-state index in [0.29, 0.717) is 0 Å². The van der Waals surface area contributed by atoms with Crippen molar-refractivity contribution in [2.75, 3.05) is 19.6 Å². The van der Waals surface area contributed by atoms with E-state index >= 15 is 0 Å². The van der Waals surface area contributed by atoms with Crippen LogP contribution in [-0.4, -0.2) is 39.4 Å². The summed E-state index contributed by atoms with van der Waals surface area (Å²) in [5.41, 5.74) is 0.193. The monoisotopic (exact) mass is 315 g/mol. The molecular formula is C13H22BrN3O. The fraction of sp³-hybridized carbons (Fsp3) is 0.769. The molecule has 18 heavy (non-hydrogen) atoms. The van der Waals surface area contributed by atoms with Gasteiger partial charge in [-0.1, -0.05) is 6.92 Å². The summed E-state index contributed by atoms with van der Waals surface area (Å²) in [5.74, 6) is 0. The third-order valence-corrected chi connectivity index (χ3v) is 4.39. The maximum Gasteiger partial charge on any atom is 0.110 e. The smallest absolute Gasteiger partial charge is 0.110 e. The second kappa shape index (κ2) is 5.31. The van der Waals surface area contributed by atoms with E-state index in [1.54, 1.807) is 6.20 Å². The van der Waals surface area contributed by atoms with Gasteiger partial charge in [-0.05, 0) is 49.2 Å². The van der Waals surface area contributed by atoms with Crippen molar-refractivity contribution in [3.05, 3.63) is 16.4 Å². The van der Waals surface area contributed by atoms with Gasteiger partial charge >= 0.3 is 0 Å². The van der Waals surface area contributed by atoms with Gasteiger partial charge in [0.15, 0.2) is 0 Å². The highest BCUT2D eigenvalue weighted by molar-refractivity contribution is 9.10. The van der Waals surface area contributed by atoms with Gasteiger partial charge in [0.1, 0.15) is 5.60 Å². The topological polar surface area (TPSA) is 41.3 Å². The van der Waals surface area contributed by atoms with E-state index < -0.39 is 5.60 Å². The first-order valence-corrected chi connectivity index (χ1v) is 7.45. The summed E-state index contributed by atoms with van der Waals surface area (Å²) in [6, 6.07) is 0.263. The van der Waals surface area contributed by atoms with Crippen molar-refractivity contribution in [1.29, 1.82) is 0 Å². The zero-order chi connectivity index (χ0) is 13.3. The standard InChI is InChI=1S/C13H22BrN3O/c1-4-16-7-5-13(18,6-8-16)12-11(14)9-15-17(12)10(2)3/h9-10,18H,4-8H2,1-3H3. The first kappa shape index (κ1) is 14.0. The molecule has 0 amide bonds. The Hall–Kier alpha value is -0.390. The van der Waals surface area contributed by atoms with Crippen LogP contribution in [0.3, 0.4) is 0 Å². The first-order valence-electron chi connectivity index (χ1n) is 6.66. The fourth-order valence-corrected chi connectivity index (χ4v) is 3.29. The van der Waals surface area contributed by atoms with Crippen LogP contribution >= 0.6 is 15.9 Å². The number of piperidine rings is 1. The summed E-state index contributed by atoms with van der Waals surface area (Å²) in [4.78, 5) is 2.37. The third-order valence-electron chi connectivity index (χ3n) is 3.81. The second-order valence-corrected chi connectivity index (χ2v) is 6.20. The highest BCUT2D eigenvalue weighted by atomic mass is 79.9. The lowest BCUT2D eigenvalue weighted by Crippen LogP contribution is -2.43. The highest BCUT2D eigenvalue weighted by Gasteiger charge is 2.38. The van der Waals surface area contributed by atoms with Crippen LogP contribution in [0.4, 0.5) is 0 Å². The van der Waals surface area contributed by atoms with Gasteiger partial charge in [0.25, 0.3) is 0 Å². The molecule has 102 valence electrons. The SMILES string of the molecule is CCN1CCC(O)(c2c(Br)cnn2C(C)C)CC1. The lowest BCUT2D eigenvalue weighted by atomic mass is 9.88. The van der Waals surface area contributed by atoms with E-state index in [4.69, 9.17) is 0 Å². The van der Waals surface area contributed by atoms with E-state index in [1.165, 1.54) is 0 Å². The zero-order valence-electron chi connectivity index (χ0n) is 11.4. The van der Waals surface area contributed by atoms with E-state index in [2.05, 4.69) is 46.7 Å². The maximum atomic E-state index is 10.9. The van der Waals surface area contributed by atoms with Crippen LogP contribution in [-0.2, 0) is 5.60 Å². The average Bonchev–Trinajstić information content (AvgIpc) is 2.73. The van der Waals surface area contributed by atoms with Gasteiger partial charge in [0.2, 0.25) is 0 Å². The van der Waals surface area contributed by atoms with E-state index in [-0.39, 0.29) is 6.04 Å². The van der Waals surface area contributed by atoms with Crippen LogP contribution in [0.2, 0.25) is 0 Å². The number of aromatic nitrogens is 2. The number of hydrogen-bond acceptors (Lipinski definition) is 3. The van der Waals surface area contributed by atoms with Gasteiger partial charge in [0.05, 0.1) is 16.4 Å². The predicted molar refractivity (Wildman–Crippen MR) is 75.6 cm³/mol. The summed E-state index contributed by atoms with van der Waals surface area (Å²) in [6.07, 6.45) is 3.34.